The van der Waals surface area contributed by atoms with Crippen LogP contribution in [0.1, 0.15) is 31.1 Å². The molecule has 1 aromatic rings. The van der Waals surface area contributed by atoms with E-state index in [0.29, 0.717) is 5.02 Å². The van der Waals surface area contributed by atoms with Gasteiger partial charge in [-0.15, -0.1) is 0 Å². The van der Waals surface area contributed by atoms with E-state index in [4.69, 9.17) is 20.6 Å². The number of hydrogen-bond donors (Lipinski definition) is 1. The molecule has 0 aliphatic rings. The van der Waals surface area contributed by atoms with E-state index < -0.39 is 18.1 Å². The van der Waals surface area contributed by atoms with Crippen molar-refractivity contribution in [3.8, 4) is 0 Å². The third kappa shape index (κ3) is 5.40. The summed E-state index contributed by atoms with van der Waals surface area (Å²) >= 11 is 8.92. The normalized spacial score (nSPS) is 12.7. The van der Waals surface area contributed by atoms with Gasteiger partial charge in [-0.3, -0.25) is 14.2 Å². The van der Waals surface area contributed by atoms with Crippen LogP contribution in [-0.2, 0) is 18.4 Å². The van der Waals surface area contributed by atoms with Gasteiger partial charge < -0.3 is 14.4 Å². The summed E-state index contributed by atoms with van der Waals surface area (Å²) in [6.45, 7) is 4.92. The largest absolute Gasteiger partial charge is 0.353 e. The molecule has 0 aliphatic carbocycles. The molecule has 0 aliphatic heterocycles. The average molecular weight is 427 g/mol. The third-order valence-corrected chi connectivity index (χ3v) is 6.91. The molecule has 23 heavy (non-hydrogen) atoms. The minimum absolute atomic E-state index is 0.131. The molecule has 0 fully saturated rings. The summed E-state index contributed by atoms with van der Waals surface area (Å²) < 4.78 is 21.6. The van der Waals surface area contributed by atoms with Crippen LogP contribution in [0.15, 0.2) is 18.2 Å². The molecular weight excluding hydrogens is 408 g/mol. The Morgan fingerprint density at radius 2 is 1.87 bits per heavy atom. The lowest BCUT2D eigenvalue weighted by atomic mass is 10.1. The van der Waals surface area contributed by atoms with Gasteiger partial charge in [-0.1, -0.05) is 27.5 Å². The molecule has 0 heterocycles. The predicted octanol–water partition coefficient (Wildman–Crippen LogP) is 4.47. The molecule has 6 nitrogen and oxygen atoms in total. The second-order valence-corrected chi connectivity index (χ2v) is 8.62. The number of Topliss-reactive ketones (excluding diaryl/α,β-unsaturated/α-hetero) is 1. The van der Waals surface area contributed by atoms with Gasteiger partial charge in [0, 0.05) is 10.6 Å². The van der Waals surface area contributed by atoms with Crippen molar-refractivity contribution >= 4 is 52.5 Å². The van der Waals surface area contributed by atoms with Crippen LogP contribution < -0.4 is 5.32 Å². The Labute approximate surface area is 148 Å². The van der Waals surface area contributed by atoms with Gasteiger partial charge in [-0.25, -0.2) is 0 Å². The summed E-state index contributed by atoms with van der Waals surface area (Å²) in [6.07, 6.45) is 0. The van der Waals surface area contributed by atoms with Gasteiger partial charge in [0.2, 0.25) is 0 Å². The van der Waals surface area contributed by atoms with E-state index in [9.17, 15) is 14.2 Å². The van der Waals surface area contributed by atoms with Crippen LogP contribution in [0.4, 0.5) is 5.69 Å². The lowest BCUT2D eigenvalue weighted by Gasteiger charge is -2.21. The number of hydrogen-bond acceptors (Lipinski definition) is 5. The van der Waals surface area contributed by atoms with Crippen LogP contribution in [0.25, 0.3) is 0 Å². The monoisotopic (exact) mass is 425 g/mol. The number of nitrogens with one attached hydrogen (secondary N) is 1. The van der Waals surface area contributed by atoms with Crippen molar-refractivity contribution in [3.63, 3.8) is 0 Å². The Morgan fingerprint density at radius 1 is 1.30 bits per heavy atom. The summed E-state index contributed by atoms with van der Waals surface area (Å²) in [5.41, 5.74) is 0.532. The number of carbonyl (C=O) groups is 2. The molecule has 1 amide bonds. The van der Waals surface area contributed by atoms with E-state index in [2.05, 4.69) is 21.2 Å². The van der Waals surface area contributed by atoms with Crippen LogP contribution in [0, 0.1) is 0 Å². The summed E-state index contributed by atoms with van der Waals surface area (Å²) in [4.78, 5) is 24.0. The molecule has 128 valence electrons. The number of halogens is 2. The zero-order valence-corrected chi connectivity index (χ0v) is 16.2. The van der Waals surface area contributed by atoms with Crippen molar-refractivity contribution in [1.29, 1.82) is 0 Å². The van der Waals surface area contributed by atoms with Gasteiger partial charge in [-0.2, -0.15) is 0 Å². The van der Waals surface area contributed by atoms with Gasteiger partial charge in [-0.05, 0) is 39.0 Å². The molecule has 1 N–H and O–H groups in total. The van der Waals surface area contributed by atoms with Gasteiger partial charge in [0.15, 0.2) is 10.4 Å². The smallest absolute Gasteiger partial charge is 0.324 e. The van der Waals surface area contributed by atoms with Gasteiger partial charge in [0.05, 0.1) is 18.9 Å². The molecule has 0 aromatic heterocycles. The first kappa shape index (κ1) is 20.3. The molecule has 1 rings (SSSR count). The number of benzene rings is 1. The Kier molecular flexibility index (Phi) is 7.90. The topological polar surface area (TPSA) is 81.7 Å². The molecule has 9 heteroatoms. The van der Waals surface area contributed by atoms with Crippen LogP contribution in [0.2, 0.25) is 5.02 Å². The van der Waals surface area contributed by atoms with Gasteiger partial charge >= 0.3 is 7.60 Å². The minimum atomic E-state index is -3.66. The molecule has 0 saturated carbocycles. The Hall–Kier alpha value is -0.720. The van der Waals surface area contributed by atoms with Gasteiger partial charge in [0.25, 0.3) is 5.91 Å². The van der Waals surface area contributed by atoms with Crippen LogP contribution in [0.3, 0.4) is 0 Å². The van der Waals surface area contributed by atoms with E-state index in [1.165, 1.54) is 25.1 Å². The van der Waals surface area contributed by atoms with Crippen LogP contribution in [-0.4, -0.2) is 29.5 Å². The summed E-state index contributed by atoms with van der Waals surface area (Å²) in [5.74, 6) is -0.897. The molecule has 0 spiro atoms. The minimum Gasteiger partial charge on any atom is -0.324 e. The zero-order valence-electron chi connectivity index (χ0n) is 13.0. The maximum Gasteiger partial charge on any atom is 0.353 e. The quantitative estimate of drug-likeness (QED) is 0.377. The Balaban J connectivity index is 3.03. The predicted molar refractivity (Wildman–Crippen MR) is 93.7 cm³/mol. The standard InChI is InChI=1S/C14H18BrClNO5P/c1-4-21-23(20,22-5-2)13(15)14(19)17-12-7-6-10(16)8-11(12)9(3)18/h6-8,13H,4-5H2,1-3H3,(H,17,19). The highest BCUT2D eigenvalue weighted by Crippen LogP contribution is 2.55. The van der Waals surface area contributed by atoms with Crippen LogP contribution in [0.5, 0.6) is 0 Å². The lowest BCUT2D eigenvalue weighted by Crippen LogP contribution is -2.25. The zero-order chi connectivity index (χ0) is 17.6. The molecular formula is C14H18BrClNO5P. The number of anilines is 1. The van der Waals surface area contributed by atoms with Gasteiger partial charge in [0.1, 0.15) is 0 Å². The van der Waals surface area contributed by atoms with E-state index in [0.717, 1.165) is 0 Å². The second kappa shape index (κ2) is 8.94. The van der Waals surface area contributed by atoms with Crippen molar-refractivity contribution in [1.82, 2.24) is 0 Å². The highest BCUT2D eigenvalue weighted by molar-refractivity contribution is 9.11. The van der Waals surface area contributed by atoms with E-state index in [1.807, 2.05) is 0 Å². The van der Waals surface area contributed by atoms with E-state index >= 15 is 0 Å². The number of carbonyl (C=O) groups excluding carboxylic acids is 2. The second-order valence-electron chi connectivity index (χ2n) is 4.45. The maximum atomic E-state index is 12.6. The van der Waals surface area contributed by atoms with Crippen molar-refractivity contribution in [2.75, 3.05) is 18.5 Å². The number of rotatable bonds is 8. The fourth-order valence-corrected chi connectivity index (χ4v) is 4.18. The number of amides is 1. The molecule has 0 radical (unpaired) electrons. The summed E-state index contributed by atoms with van der Waals surface area (Å²) in [6, 6.07) is 4.49. The fourth-order valence-electron chi connectivity index (χ4n) is 1.78. The van der Waals surface area contributed by atoms with Crippen molar-refractivity contribution in [2.45, 2.75) is 25.3 Å². The highest BCUT2D eigenvalue weighted by atomic mass is 79.9. The summed E-state index contributed by atoms with van der Waals surface area (Å²) in [5, 5.41) is 2.92. The molecule has 0 bridgehead atoms. The SMILES string of the molecule is CCOP(=O)(OCC)C(Br)C(=O)Nc1ccc(Cl)cc1C(C)=O. The van der Waals surface area contributed by atoms with Crippen molar-refractivity contribution in [2.24, 2.45) is 0 Å². The summed E-state index contributed by atoms with van der Waals surface area (Å²) in [7, 11) is -3.66. The first-order chi connectivity index (χ1) is 10.7. The number of ketones is 1. The maximum absolute atomic E-state index is 12.6. The molecule has 1 atom stereocenters. The third-order valence-electron chi connectivity index (χ3n) is 2.73. The molecule has 1 unspecified atom stereocenters. The van der Waals surface area contributed by atoms with Crippen LogP contribution >= 0.6 is 35.1 Å². The lowest BCUT2D eigenvalue weighted by molar-refractivity contribution is -0.114. The first-order valence-corrected chi connectivity index (χ1v) is 9.80. The Bertz CT molecular complexity index is 630. The van der Waals surface area contributed by atoms with E-state index in [-0.39, 0.29) is 30.2 Å². The Morgan fingerprint density at radius 3 is 2.35 bits per heavy atom. The van der Waals surface area contributed by atoms with Crippen molar-refractivity contribution in [3.05, 3.63) is 28.8 Å². The highest BCUT2D eigenvalue weighted by Gasteiger charge is 2.39. The number of alkyl halides is 1. The fraction of sp³-hybridized carbons (Fsp3) is 0.429. The first-order valence-electron chi connectivity index (χ1n) is 6.89. The average Bonchev–Trinajstić information content (AvgIpc) is 2.48. The van der Waals surface area contributed by atoms with E-state index in [1.54, 1.807) is 13.8 Å². The molecule has 1 aromatic carbocycles. The molecule has 0 saturated heterocycles. The van der Waals surface area contributed by atoms with Crippen molar-refractivity contribution < 1.29 is 23.2 Å².